The Morgan fingerprint density at radius 3 is 2.38 bits per heavy atom. The predicted molar refractivity (Wildman–Crippen MR) is 97.6 cm³/mol. The highest BCUT2D eigenvalue weighted by molar-refractivity contribution is 8.01. The molecule has 0 aromatic heterocycles. The van der Waals surface area contributed by atoms with Gasteiger partial charge in [-0.1, -0.05) is 30.3 Å². The number of nitrogens with one attached hydrogen (secondary N) is 2. The van der Waals surface area contributed by atoms with Crippen molar-refractivity contribution in [1.29, 1.82) is 0 Å². The van der Waals surface area contributed by atoms with Gasteiger partial charge in [0.15, 0.2) is 0 Å². The van der Waals surface area contributed by atoms with Crippen molar-refractivity contribution in [3.8, 4) is 0 Å². The highest BCUT2D eigenvalue weighted by Crippen LogP contribution is 2.39. The second-order valence-electron chi connectivity index (χ2n) is 6.67. The summed E-state index contributed by atoms with van der Waals surface area (Å²) < 4.78 is -0.593. The molecule has 0 aliphatic carbocycles. The first-order chi connectivity index (χ1) is 12.1. The minimum Gasteiger partial charge on any atom is -0.480 e. The molecule has 142 valence electrons. The average molecular weight is 381 g/mol. The third-order valence-corrected chi connectivity index (χ3v) is 5.70. The second-order valence-corrected chi connectivity index (χ2v) is 8.53. The van der Waals surface area contributed by atoms with Crippen LogP contribution in [-0.2, 0) is 14.4 Å². The topological polar surface area (TPSA) is 142 Å². The number of thioether (sulfide) groups is 1. The van der Waals surface area contributed by atoms with Crippen LogP contribution < -0.4 is 16.4 Å². The molecule has 1 amide bonds. The molecule has 6 N–H and O–H groups in total. The Bertz CT molecular complexity index is 682. The van der Waals surface area contributed by atoms with Crippen molar-refractivity contribution < 1.29 is 24.6 Å². The highest BCUT2D eigenvalue weighted by atomic mass is 32.2. The standard InChI is InChI=1S/C17H23N3O5S/c1-17(2)13(16(24)25)20-11(26-17)8-10(15(22)23)19-14(21)12(18)9-6-4-3-5-7-9/h3-7,10-13,20H,8,18H2,1-2H3,(H,19,21)(H,22,23)(H,24,25)/t10-,11+,12+,13-/m0/s1. The number of carboxylic acids is 2. The lowest BCUT2D eigenvalue weighted by molar-refractivity contribution is -0.142. The predicted octanol–water partition coefficient (Wildman–Crippen LogP) is 0.540. The smallest absolute Gasteiger partial charge is 0.326 e. The number of carboxylic acid groups (broad SMARTS) is 2. The van der Waals surface area contributed by atoms with Gasteiger partial charge in [-0.05, 0) is 19.4 Å². The molecule has 26 heavy (non-hydrogen) atoms. The Morgan fingerprint density at radius 2 is 1.88 bits per heavy atom. The summed E-state index contributed by atoms with van der Waals surface area (Å²) in [6, 6.07) is 5.69. The zero-order valence-electron chi connectivity index (χ0n) is 14.5. The largest absolute Gasteiger partial charge is 0.480 e. The van der Waals surface area contributed by atoms with Gasteiger partial charge < -0.3 is 21.3 Å². The summed E-state index contributed by atoms with van der Waals surface area (Å²) in [6.07, 6.45) is 0.0421. The third kappa shape index (κ3) is 4.75. The van der Waals surface area contributed by atoms with Crippen LogP contribution in [0, 0.1) is 0 Å². The van der Waals surface area contributed by atoms with Crippen molar-refractivity contribution >= 4 is 29.6 Å². The monoisotopic (exact) mass is 381 g/mol. The molecule has 0 radical (unpaired) electrons. The van der Waals surface area contributed by atoms with Crippen molar-refractivity contribution in [3.63, 3.8) is 0 Å². The summed E-state index contributed by atoms with van der Waals surface area (Å²) in [6.45, 7) is 3.56. The summed E-state index contributed by atoms with van der Waals surface area (Å²) >= 11 is 1.34. The first-order valence-electron chi connectivity index (χ1n) is 8.12. The number of nitrogens with two attached hydrogens (primary N) is 1. The molecule has 1 aromatic carbocycles. The average Bonchev–Trinajstić information content (AvgIpc) is 2.88. The van der Waals surface area contributed by atoms with E-state index in [0.717, 1.165) is 0 Å². The highest BCUT2D eigenvalue weighted by Gasteiger charge is 2.46. The molecule has 0 spiro atoms. The fourth-order valence-electron chi connectivity index (χ4n) is 2.85. The van der Waals surface area contributed by atoms with E-state index in [0.29, 0.717) is 5.56 Å². The van der Waals surface area contributed by atoms with E-state index in [9.17, 15) is 24.6 Å². The molecule has 4 atom stereocenters. The molecule has 2 rings (SSSR count). The molecule has 1 aliphatic heterocycles. The molecule has 9 heteroatoms. The maximum absolute atomic E-state index is 12.3. The number of benzene rings is 1. The third-order valence-electron chi connectivity index (χ3n) is 4.25. The first-order valence-corrected chi connectivity index (χ1v) is 9.00. The fourth-order valence-corrected chi connectivity index (χ4v) is 4.38. The summed E-state index contributed by atoms with van der Waals surface area (Å²) in [5.74, 6) is -2.79. The normalized spacial score (nSPS) is 23.8. The van der Waals surface area contributed by atoms with Gasteiger partial charge in [0.2, 0.25) is 5.91 Å². The Morgan fingerprint density at radius 1 is 1.27 bits per heavy atom. The van der Waals surface area contributed by atoms with Crippen molar-refractivity contribution in [2.45, 2.75) is 48.5 Å². The van der Waals surface area contributed by atoms with E-state index in [2.05, 4.69) is 10.6 Å². The Balaban J connectivity index is 2.02. The zero-order valence-corrected chi connectivity index (χ0v) is 15.3. The fraction of sp³-hybridized carbons (Fsp3) is 0.471. The molecule has 0 saturated carbocycles. The SMILES string of the molecule is CC1(C)S[C@H](C[C@H](NC(=O)[C@H](N)c2ccccc2)C(=O)O)N[C@H]1C(=O)O. The maximum atomic E-state index is 12.3. The van der Waals surface area contributed by atoms with Gasteiger partial charge in [0, 0.05) is 11.2 Å². The molecule has 0 bridgehead atoms. The van der Waals surface area contributed by atoms with Gasteiger partial charge >= 0.3 is 11.9 Å². The number of hydrogen-bond acceptors (Lipinski definition) is 6. The minimum atomic E-state index is -1.20. The van der Waals surface area contributed by atoms with Gasteiger partial charge in [-0.2, -0.15) is 0 Å². The molecule has 1 aliphatic rings. The van der Waals surface area contributed by atoms with Gasteiger partial charge in [0.05, 0.1) is 5.37 Å². The van der Waals surface area contributed by atoms with Crippen LogP contribution >= 0.6 is 11.8 Å². The molecular formula is C17H23N3O5S. The van der Waals surface area contributed by atoms with E-state index in [1.807, 2.05) is 0 Å². The zero-order chi connectivity index (χ0) is 19.5. The van der Waals surface area contributed by atoms with Crippen LogP contribution in [0.4, 0.5) is 0 Å². The van der Waals surface area contributed by atoms with Gasteiger partial charge in [0.25, 0.3) is 0 Å². The summed E-state index contributed by atoms with van der Waals surface area (Å²) in [5.41, 5.74) is 6.47. The Hall–Kier alpha value is -2.10. The van der Waals surface area contributed by atoms with Crippen LogP contribution in [0.2, 0.25) is 0 Å². The second kappa shape index (κ2) is 8.07. The van der Waals surface area contributed by atoms with Gasteiger partial charge in [-0.15, -0.1) is 11.8 Å². The number of amides is 1. The molecule has 1 aromatic rings. The molecule has 1 saturated heterocycles. The van der Waals surface area contributed by atoms with Crippen molar-refractivity contribution in [2.75, 3.05) is 0 Å². The minimum absolute atomic E-state index is 0.0421. The van der Waals surface area contributed by atoms with E-state index >= 15 is 0 Å². The van der Waals surface area contributed by atoms with Crippen molar-refractivity contribution in [1.82, 2.24) is 10.6 Å². The number of aliphatic carboxylic acids is 2. The van der Waals surface area contributed by atoms with E-state index in [-0.39, 0.29) is 6.42 Å². The van der Waals surface area contributed by atoms with E-state index < -0.39 is 46.1 Å². The molecule has 0 unspecified atom stereocenters. The van der Waals surface area contributed by atoms with E-state index in [4.69, 9.17) is 5.73 Å². The summed E-state index contributed by atoms with van der Waals surface area (Å²) in [4.78, 5) is 35.2. The maximum Gasteiger partial charge on any atom is 0.326 e. The van der Waals surface area contributed by atoms with E-state index in [1.165, 1.54) is 11.8 Å². The lowest BCUT2D eigenvalue weighted by Crippen LogP contribution is -2.49. The van der Waals surface area contributed by atoms with Crippen molar-refractivity contribution in [2.24, 2.45) is 5.73 Å². The van der Waals surface area contributed by atoms with Gasteiger partial charge in [0.1, 0.15) is 18.1 Å². The first kappa shape index (κ1) is 20.2. The van der Waals surface area contributed by atoms with E-state index in [1.54, 1.807) is 44.2 Å². The number of hydrogen-bond donors (Lipinski definition) is 5. The van der Waals surface area contributed by atoms with Crippen LogP contribution in [0.3, 0.4) is 0 Å². The number of carbonyl (C=O) groups excluding carboxylic acids is 1. The van der Waals surface area contributed by atoms with Crippen molar-refractivity contribution in [3.05, 3.63) is 35.9 Å². The van der Waals surface area contributed by atoms with Gasteiger partial charge in [-0.25, -0.2) is 4.79 Å². The number of rotatable bonds is 7. The summed E-state index contributed by atoms with van der Waals surface area (Å²) in [7, 11) is 0. The number of carbonyl (C=O) groups is 3. The Labute approximate surface area is 155 Å². The lowest BCUT2D eigenvalue weighted by atomic mass is 10.0. The van der Waals surface area contributed by atoms with Crippen LogP contribution in [0.5, 0.6) is 0 Å². The molecule has 8 nitrogen and oxygen atoms in total. The molecule has 1 fully saturated rings. The quantitative estimate of drug-likeness (QED) is 0.461. The molecule has 1 heterocycles. The Kier molecular flexibility index (Phi) is 6.27. The van der Waals surface area contributed by atoms with Crippen LogP contribution in [0.1, 0.15) is 31.9 Å². The van der Waals surface area contributed by atoms with Crippen LogP contribution in [-0.4, -0.2) is 50.3 Å². The van der Waals surface area contributed by atoms with Crippen LogP contribution in [0.25, 0.3) is 0 Å². The van der Waals surface area contributed by atoms with Crippen LogP contribution in [0.15, 0.2) is 30.3 Å². The lowest BCUT2D eigenvalue weighted by Gasteiger charge is -2.21. The van der Waals surface area contributed by atoms with Gasteiger partial charge in [-0.3, -0.25) is 14.9 Å². The molecular weight excluding hydrogens is 358 g/mol. The summed E-state index contributed by atoms with van der Waals surface area (Å²) in [5, 5.41) is 23.7.